The minimum atomic E-state index is -0.198. The van der Waals surface area contributed by atoms with Gasteiger partial charge in [0.05, 0.1) is 0 Å². The maximum atomic E-state index is 2.43. The third-order valence-electron chi connectivity index (χ3n) is 3.21. The molecule has 0 radical (unpaired) electrons. The second kappa shape index (κ2) is 3.71. The first-order valence-corrected chi connectivity index (χ1v) is 7.03. The third kappa shape index (κ3) is 1.49. The van der Waals surface area contributed by atoms with Gasteiger partial charge in [0.25, 0.3) is 0 Å². The molecular formula is C15H15P. The molecule has 0 bridgehead atoms. The summed E-state index contributed by atoms with van der Waals surface area (Å²) in [7, 11) is -0.198. The summed E-state index contributed by atoms with van der Waals surface area (Å²) in [5, 5.41) is 4.67. The highest BCUT2D eigenvalue weighted by Crippen LogP contribution is 2.61. The average molecular weight is 226 g/mol. The topological polar surface area (TPSA) is 0 Å². The van der Waals surface area contributed by atoms with Crippen molar-refractivity contribution in [1.82, 2.24) is 0 Å². The van der Waals surface area contributed by atoms with E-state index in [1.807, 2.05) is 0 Å². The summed E-state index contributed by atoms with van der Waals surface area (Å²) >= 11 is 0. The molecule has 2 unspecified atom stereocenters. The highest BCUT2D eigenvalue weighted by molar-refractivity contribution is 7.74. The van der Waals surface area contributed by atoms with Gasteiger partial charge in [0.1, 0.15) is 0 Å². The lowest BCUT2D eigenvalue weighted by Gasteiger charge is -2.16. The predicted molar refractivity (Wildman–Crippen MR) is 72.1 cm³/mol. The van der Waals surface area contributed by atoms with Crippen molar-refractivity contribution in [3.63, 3.8) is 0 Å². The van der Waals surface area contributed by atoms with Crippen LogP contribution >= 0.6 is 7.92 Å². The number of rotatable bonds is 1. The first kappa shape index (κ1) is 10.1. The maximum absolute atomic E-state index is 2.43. The van der Waals surface area contributed by atoms with Gasteiger partial charge in [-0.25, -0.2) is 0 Å². The zero-order chi connectivity index (χ0) is 11.1. The van der Waals surface area contributed by atoms with Crippen LogP contribution in [0.4, 0.5) is 0 Å². The fourth-order valence-electron chi connectivity index (χ4n) is 2.56. The first-order valence-electron chi connectivity index (χ1n) is 5.69. The van der Waals surface area contributed by atoms with Gasteiger partial charge in [-0.3, -0.25) is 0 Å². The van der Waals surface area contributed by atoms with Crippen molar-refractivity contribution in [2.75, 3.05) is 0 Å². The summed E-state index contributed by atoms with van der Waals surface area (Å²) in [5.74, 6) is 0.589. The standard InChI is InChI=1S/C15H15P/c1-11-8-13-10-12(2)16(15(13)9-11)14-6-4-3-5-7-14/h3-10,13H,1-2H3. The van der Waals surface area contributed by atoms with E-state index in [2.05, 4.69) is 62.4 Å². The third-order valence-corrected chi connectivity index (χ3v) is 5.82. The minimum Gasteiger partial charge on any atom is -0.0702 e. The highest BCUT2D eigenvalue weighted by atomic mass is 31.1. The Labute approximate surface area is 98.1 Å². The van der Waals surface area contributed by atoms with Crippen LogP contribution in [0.1, 0.15) is 13.8 Å². The van der Waals surface area contributed by atoms with Crippen LogP contribution in [0.15, 0.2) is 64.8 Å². The number of hydrogen-bond acceptors (Lipinski definition) is 0. The van der Waals surface area contributed by atoms with E-state index in [1.54, 1.807) is 10.6 Å². The molecule has 0 fully saturated rings. The summed E-state index contributed by atoms with van der Waals surface area (Å²) in [6.45, 7) is 4.48. The van der Waals surface area contributed by atoms with Crippen molar-refractivity contribution in [2.24, 2.45) is 5.92 Å². The molecule has 0 spiro atoms. The largest absolute Gasteiger partial charge is 0.0702 e. The van der Waals surface area contributed by atoms with Gasteiger partial charge in [0.15, 0.2) is 0 Å². The van der Waals surface area contributed by atoms with Gasteiger partial charge in [0, 0.05) is 5.92 Å². The van der Waals surface area contributed by atoms with Gasteiger partial charge < -0.3 is 0 Å². The Kier molecular flexibility index (Phi) is 2.33. The van der Waals surface area contributed by atoms with Crippen molar-refractivity contribution >= 4 is 13.2 Å². The lowest BCUT2D eigenvalue weighted by Crippen LogP contribution is -2.00. The maximum Gasteiger partial charge on any atom is 0.0221 e. The molecule has 2 atom stereocenters. The summed E-state index contributed by atoms with van der Waals surface area (Å²) in [6, 6.07) is 10.9. The molecule has 3 rings (SSSR count). The van der Waals surface area contributed by atoms with Crippen LogP contribution in [0.3, 0.4) is 0 Å². The molecule has 0 nitrogen and oxygen atoms in total. The van der Waals surface area contributed by atoms with Gasteiger partial charge in [0.2, 0.25) is 0 Å². The zero-order valence-corrected chi connectivity index (χ0v) is 10.5. The van der Waals surface area contributed by atoms with Gasteiger partial charge in [-0.15, -0.1) is 0 Å². The molecule has 0 saturated heterocycles. The van der Waals surface area contributed by atoms with Crippen LogP contribution in [0, 0.1) is 5.92 Å². The Hall–Kier alpha value is -1.13. The Morgan fingerprint density at radius 1 is 1.00 bits per heavy atom. The van der Waals surface area contributed by atoms with Crippen molar-refractivity contribution < 1.29 is 0 Å². The molecule has 1 aliphatic heterocycles. The Bertz CT molecular complexity index is 505. The van der Waals surface area contributed by atoms with E-state index < -0.39 is 0 Å². The quantitative estimate of drug-likeness (QED) is 0.630. The fraction of sp³-hybridized carbons (Fsp3) is 0.200. The molecular weight excluding hydrogens is 211 g/mol. The van der Waals surface area contributed by atoms with E-state index in [0.717, 1.165) is 0 Å². The molecule has 1 heteroatoms. The molecule has 0 aromatic heterocycles. The van der Waals surface area contributed by atoms with E-state index in [4.69, 9.17) is 0 Å². The molecule has 0 amide bonds. The Balaban J connectivity index is 2.04. The average Bonchev–Trinajstić information content (AvgIpc) is 2.74. The zero-order valence-electron chi connectivity index (χ0n) is 9.64. The van der Waals surface area contributed by atoms with E-state index >= 15 is 0 Å². The molecule has 1 aromatic rings. The van der Waals surface area contributed by atoms with Crippen molar-refractivity contribution in [3.8, 4) is 0 Å². The molecule has 16 heavy (non-hydrogen) atoms. The van der Waals surface area contributed by atoms with E-state index in [-0.39, 0.29) is 7.92 Å². The molecule has 1 heterocycles. The van der Waals surface area contributed by atoms with Crippen molar-refractivity contribution in [1.29, 1.82) is 0 Å². The Morgan fingerprint density at radius 2 is 1.75 bits per heavy atom. The fourth-order valence-corrected chi connectivity index (χ4v) is 5.23. The van der Waals surface area contributed by atoms with Crippen LogP contribution in [-0.2, 0) is 0 Å². The highest BCUT2D eigenvalue weighted by Gasteiger charge is 2.31. The second-order valence-electron chi connectivity index (χ2n) is 4.48. The lowest BCUT2D eigenvalue weighted by molar-refractivity contribution is 1.07. The number of fused-ring (bicyclic) bond motifs is 1. The van der Waals surface area contributed by atoms with Gasteiger partial charge in [-0.1, -0.05) is 54.1 Å². The molecule has 80 valence electrons. The molecule has 0 N–H and O–H groups in total. The molecule has 1 aliphatic carbocycles. The number of allylic oxidation sites excluding steroid dienone is 6. The monoisotopic (exact) mass is 226 g/mol. The van der Waals surface area contributed by atoms with Crippen LogP contribution in [0.5, 0.6) is 0 Å². The van der Waals surface area contributed by atoms with Crippen LogP contribution in [0.25, 0.3) is 0 Å². The Morgan fingerprint density at radius 3 is 2.50 bits per heavy atom. The molecule has 2 aliphatic rings. The molecule has 1 aromatic carbocycles. The number of benzene rings is 1. The van der Waals surface area contributed by atoms with Crippen molar-refractivity contribution in [3.05, 3.63) is 64.8 Å². The normalized spacial score (nSPS) is 27.2. The number of hydrogen-bond donors (Lipinski definition) is 0. The van der Waals surface area contributed by atoms with Crippen LogP contribution in [0.2, 0.25) is 0 Å². The lowest BCUT2D eigenvalue weighted by atomic mass is 10.1. The summed E-state index contributed by atoms with van der Waals surface area (Å²) in [6.07, 6.45) is 7.20. The molecule has 0 saturated carbocycles. The van der Waals surface area contributed by atoms with Crippen molar-refractivity contribution in [2.45, 2.75) is 13.8 Å². The van der Waals surface area contributed by atoms with Gasteiger partial charge in [-0.2, -0.15) is 0 Å². The van der Waals surface area contributed by atoms with E-state index in [0.29, 0.717) is 5.92 Å². The first-order chi connectivity index (χ1) is 7.75. The summed E-state index contributed by atoms with van der Waals surface area (Å²) < 4.78 is 0. The van der Waals surface area contributed by atoms with Crippen LogP contribution in [-0.4, -0.2) is 0 Å². The smallest absolute Gasteiger partial charge is 0.0221 e. The minimum absolute atomic E-state index is 0.198. The predicted octanol–water partition coefficient (Wildman–Crippen LogP) is 4.17. The van der Waals surface area contributed by atoms with E-state index in [1.165, 1.54) is 10.9 Å². The van der Waals surface area contributed by atoms with Gasteiger partial charge >= 0.3 is 0 Å². The second-order valence-corrected chi connectivity index (χ2v) is 6.89. The summed E-state index contributed by atoms with van der Waals surface area (Å²) in [4.78, 5) is 0. The van der Waals surface area contributed by atoms with Gasteiger partial charge in [-0.05, 0) is 37.7 Å². The van der Waals surface area contributed by atoms with Crippen LogP contribution < -0.4 is 5.30 Å². The summed E-state index contributed by atoms with van der Waals surface area (Å²) in [5.41, 5.74) is 1.42. The SMILES string of the molecule is CC1=CC2C=C(C)P(c3ccccc3)C2=C1. The van der Waals surface area contributed by atoms with E-state index in [9.17, 15) is 0 Å².